The molecule has 0 amide bonds. The smallest absolute Gasteiger partial charge is 0.125 e. The minimum atomic E-state index is 0.275. The molecule has 0 bridgehead atoms. The van der Waals surface area contributed by atoms with Crippen LogP contribution in [-0.2, 0) is 0 Å². The lowest BCUT2D eigenvalue weighted by molar-refractivity contribution is 0.472. The highest BCUT2D eigenvalue weighted by Crippen LogP contribution is 2.26. The second-order valence-electron chi connectivity index (χ2n) is 3.65. The van der Waals surface area contributed by atoms with Gasteiger partial charge in [-0.15, -0.1) is 0 Å². The van der Waals surface area contributed by atoms with E-state index in [4.69, 9.17) is 0 Å². The van der Waals surface area contributed by atoms with Crippen molar-refractivity contribution in [2.24, 2.45) is 0 Å². The van der Waals surface area contributed by atoms with Crippen LogP contribution in [0.15, 0.2) is 36.7 Å². The molecule has 2 aromatic heterocycles. The zero-order valence-corrected chi connectivity index (χ0v) is 8.30. The standard InChI is InChI=1S/C11H12N4/c1-2-6-12-9(3-1)10-4-7-13-11-5-8-14-15(10)11/h1-3,5-6,8,10,13H,4,7H2. The second-order valence-corrected chi connectivity index (χ2v) is 3.65. The summed E-state index contributed by atoms with van der Waals surface area (Å²) in [5, 5.41) is 7.64. The molecule has 0 radical (unpaired) electrons. The molecule has 1 aliphatic rings. The van der Waals surface area contributed by atoms with Crippen molar-refractivity contribution in [2.75, 3.05) is 11.9 Å². The summed E-state index contributed by atoms with van der Waals surface area (Å²) >= 11 is 0. The molecule has 2 aromatic rings. The highest BCUT2D eigenvalue weighted by atomic mass is 15.4. The molecule has 0 saturated carbocycles. The van der Waals surface area contributed by atoms with Gasteiger partial charge < -0.3 is 5.32 Å². The third-order valence-corrected chi connectivity index (χ3v) is 2.72. The lowest BCUT2D eigenvalue weighted by Crippen LogP contribution is -2.24. The van der Waals surface area contributed by atoms with Crippen molar-refractivity contribution in [3.05, 3.63) is 42.4 Å². The summed E-state index contributed by atoms with van der Waals surface area (Å²) in [6.07, 6.45) is 4.69. The molecule has 0 aromatic carbocycles. The van der Waals surface area contributed by atoms with Gasteiger partial charge in [0.2, 0.25) is 0 Å². The maximum atomic E-state index is 4.39. The molecule has 15 heavy (non-hydrogen) atoms. The molecule has 76 valence electrons. The average Bonchev–Trinajstić information content (AvgIpc) is 2.78. The van der Waals surface area contributed by atoms with E-state index < -0.39 is 0 Å². The number of hydrogen-bond donors (Lipinski definition) is 1. The maximum Gasteiger partial charge on any atom is 0.125 e. The van der Waals surface area contributed by atoms with E-state index in [2.05, 4.69) is 21.5 Å². The fourth-order valence-corrected chi connectivity index (χ4v) is 2.01. The summed E-state index contributed by atoms with van der Waals surface area (Å²) in [5.74, 6) is 1.08. The first-order valence-electron chi connectivity index (χ1n) is 5.13. The summed E-state index contributed by atoms with van der Waals surface area (Å²) in [6, 6.07) is 8.29. The Balaban J connectivity index is 2.03. The fourth-order valence-electron chi connectivity index (χ4n) is 2.01. The van der Waals surface area contributed by atoms with Crippen LogP contribution in [0.3, 0.4) is 0 Å². The van der Waals surface area contributed by atoms with E-state index >= 15 is 0 Å². The second kappa shape index (κ2) is 3.38. The Kier molecular flexibility index (Phi) is 1.91. The van der Waals surface area contributed by atoms with Crippen molar-refractivity contribution in [2.45, 2.75) is 12.5 Å². The van der Waals surface area contributed by atoms with Crippen LogP contribution in [0.4, 0.5) is 5.82 Å². The van der Waals surface area contributed by atoms with Crippen molar-refractivity contribution in [3.8, 4) is 0 Å². The average molecular weight is 200 g/mol. The van der Waals surface area contributed by atoms with E-state index in [-0.39, 0.29) is 6.04 Å². The molecule has 4 nitrogen and oxygen atoms in total. The molecular weight excluding hydrogens is 188 g/mol. The molecular formula is C11H12N4. The normalized spacial score (nSPS) is 19.3. The molecule has 1 N–H and O–H groups in total. The van der Waals surface area contributed by atoms with Crippen LogP contribution in [0.1, 0.15) is 18.2 Å². The highest BCUT2D eigenvalue weighted by molar-refractivity contribution is 5.37. The Bertz CT molecular complexity index is 449. The number of rotatable bonds is 1. The Morgan fingerprint density at radius 1 is 1.27 bits per heavy atom. The zero-order valence-electron chi connectivity index (χ0n) is 8.30. The van der Waals surface area contributed by atoms with Crippen molar-refractivity contribution < 1.29 is 0 Å². The zero-order chi connectivity index (χ0) is 10.1. The van der Waals surface area contributed by atoms with Gasteiger partial charge in [-0.05, 0) is 18.6 Å². The monoisotopic (exact) mass is 200 g/mol. The van der Waals surface area contributed by atoms with Crippen molar-refractivity contribution in [1.29, 1.82) is 0 Å². The molecule has 1 aliphatic heterocycles. The van der Waals surface area contributed by atoms with Gasteiger partial charge in [0.25, 0.3) is 0 Å². The summed E-state index contributed by atoms with van der Waals surface area (Å²) in [6.45, 7) is 0.979. The Hall–Kier alpha value is -1.84. The Morgan fingerprint density at radius 2 is 2.27 bits per heavy atom. The van der Waals surface area contributed by atoms with Gasteiger partial charge in [-0.3, -0.25) is 4.98 Å². The Morgan fingerprint density at radius 3 is 3.13 bits per heavy atom. The van der Waals surface area contributed by atoms with Gasteiger partial charge >= 0.3 is 0 Å². The van der Waals surface area contributed by atoms with Gasteiger partial charge in [0, 0.05) is 18.8 Å². The number of fused-ring (bicyclic) bond motifs is 1. The third kappa shape index (κ3) is 1.38. The quantitative estimate of drug-likeness (QED) is 0.761. The van der Waals surface area contributed by atoms with E-state index in [0.29, 0.717) is 0 Å². The van der Waals surface area contributed by atoms with Crippen molar-refractivity contribution in [1.82, 2.24) is 14.8 Å². The molecule has 3 heterocycles. The molecule has 3 rings (SSSR count). The predicted molar refractivity (Wildman–Crippen MR) is 57.7 cm³/mol. The number of nitrogens with zero attached hydrogens (tertiary/aromatic N) is 3. The topological polar surface area (TPSA) is 42.7 Å². The first-order chi connectivity index (χ1) is 7.45. The Labute approximate surface area is 88.0 Å². The number of anilines is 1. The third-order valence-electron chi connectivity index (χ3n) is 2.72. The van der Waals surface area contributed by atoms with E-state index in [1.165, 1.54) is 0 Å². The largest absolute Gasteiger partial charge is 0.370 e. The highest BCUT2D eigenvalue weighted by Gasteiger charge is 2.21. The van der Waals surface area contributed by atoms with Crippen molar-refractivity contribution in [3.63, 3.8) is 0 Å². The molecule has 4 heteroatoms. The first kappa shape index (κ1) is 8.47. The number of pyridine rings is 1. The first-order valence-corrected chi connectivity index (χ1v) is 5.13. The van der Waals surface area contributed by atoms with Gasteiger partial charge in [0.15, 0.2) is 0 Å². The predicted octanol–water partition coefficient (Wildman–Crippen LogP) is 1.68. The van der Waals surface area contributed by atoms with E-state index in [9.17, 15) is 0 Å². The van der Waals surface area contributed by atoms with Crippen LogP contribution in [-0.4, -0.2) is 21.3 Å². The molecule has 0 spiro atoms. The molecule has 0 aliphatic carbocycles. The summed E-state index contributed by atoms with van der Waals surface area (Å²) in [4.78, 5) is 4.39. The number of aromatic nitrogens is 3. The van der Waals surface area contributed by atoms with Crippen LogP contribution < -0.4 is 5.32 Å². The van der Waals surface area contributed by atoms with Gasteiger partial charge in [-0.2, -0.15) is 5.10 Å². The van der Waals surface area contributed by atoms with Gasteiger partial charge in [-0.1, -0.05) is 6.07 Å². The number of nitrogens with one attached hydrogen (secondary N) is 1. The maximum absolute atomic E-state index is 4.39. The van der Waals surface area contributed by atoms with Crippen LogP contribution in [0, 0.1) is 0 Å². The van der Waals surface area contributed by atoms with Gasteiger partial charge in [0.05, 0.1) is 17.9 Å². The van der Waals surface area contributed by atoms with Gasteiger partial charge in [-0.25, -0.2) is 4.68 Å². The molecule has 1 atom stereocenters. The minimum absolute atomic E-state index is 0.275. The van der Waals surface area contributed by atoms with Crippen LogP contribution >= 0.6 is 0 Å². The fraction of sp³-hybridized carbons (Fsp3) is 0.273. The summed E-state index contributed by atoms with van der Waals surface area (Å²) in [5.41, 5.74) is 1.09. The summed E-state index contributed by atoms with van der Waals surface area (Å²) < 4.78 is 2.01. The molecule has 0 saturated heterocycles. The SMILES string of the molecule is c1ccc(C2CCNc3ccnn32)nc1. The van der Waals surface area contributed by atoms with E-state index in [1.54, 1.807) is 0 Å². The van der Waals surface area contributed by atoms with E-state index in [0.717, 1.165) is 24.5 Å². The van der Waals surface area contributed by atoms with Crippen LogP contribution in [0.25, 0.3) is 0 Å². The van der Waals surface area contributed by atoms with Crippen LogP contribution in [0.2, 0.25) is 0 Å². The lowest BCUT2D eigenvalue weighted by Gasteiger charge is -2.25. The van der Waals surface area contributed by atoms with Crippen LogP contribution in [0.5, 0.6) is 0 Å². The summed E-state index contributed by atoms with van der Waals surface area (Å²) in [7, 11) is 0. The molecule has 0 fully saturated rings. The molecule has 1 unspecified atom stereocenters. The van der Waals surface area contributed by atoms with Crippen molar-refractivity contribution >= 4 is 5.82 Å². The van der Waals surface area contributed by atoms with E-state index in [1.807, 2.05) is 35.3 Å². The lowest BCUT2D eigenvalue weighted by atomic mass is 10.1. The number of hydrogen-bond acceptors (Lipinski definition) is 3. The minimum Gasteiger partial charge on any atom is -0.370 e. The van der Waals surface area contributed by atoms with Gasteiger partial charge in [0.1, 0.15) is 5.82 Å².